The summed E-state index contributed by atoms with van der Waals surface area (Å²) in [4.78, 5) is 24.0. The minimum absolute atomic E-state index is 0.0200. The fourth-order valence-corrected chi connectivity index (χ4v) is 5.10. The molecule has 0 aliphatic carbocycles. The second-order valence-corrected chi connectivity index (χ2v) is 9.21. The van der Waals surface area contributed by atoms with Gasteiger partial charge in [-0.2, -0.15) is 4.31 Å². The van der Waals surface area contributed by atoms with Crippen LogP contribution in [0.15, 0.2) is 41.3 Å². The Morgan fingerprint density at radius 1 is 1.24 bits per heavy atom. The van der Waals surface area contributed by atoms with Crippen LogP contribution in [0.3, 0.4) is 0 Å². The summed E-state index contributed by atoms with van der Waals surface area (Å²) in [6.07, 6.45) is 1.85. The average molecular weight is 440 g/mol. The summed E-state index contributed by atoms with van der Waals surface area (Å²) in [5, 5.41) is 12.4. The third kappa shape index (κ3) is 4.47. The number of hydrogen-bond donors (Lipinski definition) is 2. The minimum Gasteiger partial charge on any atom is -0.477 e. The maximum Gasteiger partial charge on any atom is 0.352 e. The van der Waals surface area contributed by atoms with Gasteiger partial charge in [0.15, 0.2) is 0 Å². The van der Waals surface area contributed by atoms with Gasteiger partial charge in [-0.25, -0.2) is 13.2 Å². The van der Waals surface area contributed by atoms with Gasteiger partial charge in [-0.1, -0.05) is 11.6 Å². The molecule has 1 amide bonds. The Kier molecular flexibility index (Phi) is 6.30. The van der Waals surface area contributed by atoms with Crippen molar-refractivity contribution in [2.45, 2.75) is 36.7 Å². The molecule has 2 N–H and O–H groups in total. The molecule has 10 heteroatoms. The molecule has 29 heavy (non-hydrogen) atoms. The molecule has 156 valence electrons. The van der Waals surface area contributed by atoms with Crippen LogP contribution in [-0.4, -0.2) is 46.9 Å². The summed E-state index contributed by atoms with van der Waals surface area (Å²) in [5.74, 6) is -1.47. The second kappa shape index (κ2) is 8.56. The summed E-state index contributed by atoms with van der Waals surface area (Å²) in [6.45, 7) is 0.365. The summed E-state index contributed by atoms with van der Waals surface area (Å²) in [6, 6.07) is 7.83. The van der Waals surface area contributed by atoms with E-state index in [9.17, 15) is 23.1 Å². The molecule has 8 nitrogen and oxygen atoms in total. The van der Waals surface area contributed by atoms with E-state index in [2.05, 4.69) is 5.32 Å². The summed E-state index contributed by atoms with van der Waals surface area (Å²) in [7, 11) is -2.48. The maximum absolute atomic E-state index is 13.4. The molecule has 1 atom stereocenters. The highest BCUT2D eigenvalue weighted by Crippen LogP contribution is 2.26. The van der Waals surface area contributed by atoms with Gasteiger partial charge in [0.1, 0.15) is 11.7 Å². The zero-order chi connectivity index (χ0) is 21.2. The molecular weight excluding hydrogens is 418 g/mol. The van der Waals surface area contributed by atoms with Crippen LogP contribution in [0.4, 0.5) is 0 Å². The molecule has 3 rings (SSSR count). The molecule has 1 aliphatic rings. The van der Waals surface area contributed by atoms with Crippen molar-refractivity contribution < 1.29 is 23.1 Å². The van der Waals surface area contributed by atoms with E-state index < -0.39 is 22.0 Å². The lowest BCUT2D eigenvalue weighted by Gasteiger charge is -2.29. The Labute approximate surface area is 174 Å². The van der Waals surface area contributed by atoms with Crippen molar-refractivity contribution in [2.24, 2.45) is 7.05 Å². The van der Waals surface area contributed by atoms with Crippen molar-refractivity contribution in [3.05, 3.63) is 52.8 Å². The normalized spacial score (nSPS) is 17.8. The summed E-state index contributed by atoms with van der Waals surface area (Å²) >= 11 is 5.89. The minimum atomic E-state index is -4.04. The lowest BCUT2D eigenvalue weighted by molar-refractivity contribution is -0.124. The molecule has 1 saturated heterocycles. The number of sulfonamides is 1. The molecule has 0 radical (unpaired) electrons. The van der Waals surface area contributed by atoms with Crippen LogP contribution in [0.2, 0.25) is 5.02 Å². The standard InChI is InChI=1S/C19H22ClN3O5S/c1-22-14(7-10-17(22)19(25)26)12-23(16-4-2-3-11-21-18(16)24)29(27,28)15-8-5-13(20)6-9-15/h5-10,16H,2-4,11-12H2,1H3,(H,21,24)(H,25,26). The fourth-order valence-electron chi connectivity index (χ4n) is 3.39. The highest BCUT2D eigenvalue weighted by molar-refractivity contribution is 7.89. The molecule has 0 bridgehead atoms. The van der Waals surface area contributed by atoms with E-state index in [4.69, 9.17) is 11.6 Å². The second-order valence-electron chi connectivity index (χ2n) is 6.88. The van der Waals surface area contributed by atoms with Gasteiger partial charge in [-0.15, -0.1) is 0 Å². The number of rotatable bonds is 6. The summed E-state index contributed by atoms with van der Waals surface area (Å²) < 4.78 is 29.4. The van der Waals surface area contributed by atoms with E-state index in [-0.39, 0.29) is 23.0 Å². The number of carboxylic acid groups (broad SMARTS) is 1. The first-order valence-electron chi connectivity index (χ1n) is 9.15. The van der Waals surface area contributed by atoms with Crippen molar-refractivity contribution in [1.29, 1.82) is 0 Å². The van der Waals surface area contributed by atoms with Crippen LogP contribution >= 0.6 is 11.6 Å². The van der Waals surface area contributed by atoms with Crippen molar-refractivity contribution >= 4 is 33.5 Å². The van der Waals surface area contributed by atoms with Crippen molar-refractivity contribution in [2.75, 3.05) is 6.54 Å². The van der Waals surface area contributed by atoms with Gasteiger partial charge in [0.2, 0.25) is 15.9 Å². The number of nitrogens with one attached hydrogen (secondary N) is 1. The quantitative estimate of drug-likeness (QED) is 0.717. The highest BCUT2D eigenvalue weighted by atomic mass is 35.5. The third-order valence-corrected chi connectivity index (χ3v) is 7.16. The molecule has 0 spiro atoms. The molecule has 1 aromatic carbocycles. The number of aromatic carboxylic acids is 1. The average Bonchev–Trinajstić information content (AvgIpc) is 2.90. The number of carbonyl (C=O) groups is 2. The lowest BCUT2D eigenvalue weighted by Crippen LogP contribution is -2.48. The predicted molar refractivity (Wildman–Crippen MR) is 107 cm³/mol. The number of benzene rings is 1. The van der Waals surface area contributed by atoms with Gasteiger partial charge in [-0.05, 0) is 55.7 Å². The molecule has 2 heterocycles. The van der Waals surface area contributed by atoms with Crippen LogP contribution in [0.1, 0.15) is 35.4 Å². The van der Waals surface area contributed by atoms with Gasteiger partial charge in [0.25, 0.3) is 0 Å². The first-order valence-corrected chi connectivity index (χ1v) is 11.0. The SMILES string of the molecule is Cn1c(CN(C2CCCCNC2=O)S(=O)(=O)c2ccc(Cl)cc2)ccc1C(=O)O. The Hall–Kier alpha value is -2.36. The van der Waals surface area contributed by atoms with Crippen LogP contribution in [0.5, 0.6) is 0 Å². The Morgan fingerprint density at radius 3 is 2.55 bits per heavy atom. The third-order valence-electron chi connectivity index (χ3n) is 5.04. The molecule has 1 fully saturated rings. The van der Waals surface area contributed by atoms with Gasteiger partial charge in [-0.3, -0.25) is 4.79 Å². The number of carboxylic acids is 1. The highest BCUT2D eigenvalue weighted by Gasteiger charge is 2.37. The van der Waals surface area contributed by atoms with E-state index >= 15 is 0 Å². The van der Waals surface area contributed by atoms with E-state index in [0.717, 1.165) is 10.7 Å². The van der Waals surface area contributed by atoms with E-state index in [1.54, 1.807) is 13.1 Å². The zero-order valence-corrected chi connectivity index (χ0v) is 17.4. The first-order chi connectivity index (χ1) is 13.7. The lowest BCUT2D eigenvalue weighted by atomic mass is 10.1. The van der Waals surface area contributed by atoms with Crippen molar-refractivity contribution in [3.63, 3.8) is 0 Å². The van der Waals surface area contributed by atoms with Crippen molar-refractivity contribution in [1.82, 2.24) is 14.2 Å². The number of aromatic nitrogens is 1. The van der Waals surface area contributed by atoms with Crippen LogP contribution in [0.25, 0.3) is 0 Å². The summed E-state index contributed by atoms with van der Waals surface area (Å²) in [5.41, 5.74) is 0.506. The number of halogens is 1. The van der Waals surface area contributed by atoms with Gasteiger partial charge >= 0.3 is 5.97 Å². The maximum atomic E-state index is 13.4. The smallest absolute Gasteiger partial charge is 0.352 e. The molecular formula is C19H22ClN3O5S. The van der Waals surface area contributed by atoms with Crippen LogP contribution in [-0.2, 0) is 28.4 Å². The number of hydrogen-bond acceptors (Lipinski definition) is 4. The van der Waals surface area contributed by atoms with Gasteiger partial charge in [0.05, 0.1) is 11.4 Å². The molecule has 1 aliphatic heterocycles. The molecule has 1 unspecified atom stereocenters. The topological polar surface area (TPSA) is 109 Å². The Bertz CT molecular complexity index is 1020. The fraction of sp³-hybridized carbons (Fsp3) is 0.368. The monoisotopic (exact) mass is 439 g/mol. The Balaban J connectivity index is 2.05. The predicted octanol–water partition coefficient (Wildman–Crippen LogP) is 2.24. The molecule has 1 aromatic heterocycles. The van der Waals surface area contributed by atoms with Crippen LogP contribution < -0.4 is 5.32 Å². The molecule has 0 saturated carbocycles. The van der Waals surface area contributed by atoms with Gasteiger partial charge in [0, 0.05) is 24.3 Å². The van der Waals surface area contributed by atoms with E-state index in [1.165, 1.54) is 34.9 Å². The van der Waals surface area contributed by atoms with Crippen molar-refractivity contribution in [3.8, 4) is 0 Å². The zero-order valence-electron chi connectivity index (χ0n) is 15.8. The first kappa shape index (κ1) is 21.4. The van der Waals surface area contributed by atoms with E-state index in [1.807, 2.05) is 0 Å². The number of nitrogens with zero attached hydrogens (tertiary/aromatic N) is 2. The number of carbonyl (C=O) groups excluding carboxylic acids is 1. The number of amides is 1. The van der Waals surface area contributed by atoms with Crippen LogP contribution in [0, 0.1) is 0 Å². The Morgan fingerprint density at radius 2 is 1.93 bits per heavy atom. The molecule has 2 aromatic rings. The van der Waals surface area contributed by atoms with E-state index in [0.29, 0.717) is 30.1 Å². The largest absolute Gasteiger partial charge is 0.477 e. The van der Waals surface area contributed by atoms with Gasteiger partial charge < -0.3 is 15.0 Å².